The highest BCUT2D eigenvalue weighted by Crippen LogP contribution is 2.30. The summed E-state index contributed by atoms with van der Waals surface area (Å²) in [5.74, 6) is 0.180. The Labute approximate surface area is 197 Å². The number of nitrogens with zero attached hydrogens (tertiary/aromatic N) is 6. The largest absolute Gasteiger partial charge is 0.489 e. The molecule has 3 heterocycles. The van der Waals surface area contributed by atoms with Crippen molar-refractivity contribution < 1.29 is 19.2 Å². The number of rotatable bonds is 7. The zero-order valence-corrected chi connectivity index (χ0v) is 20.2. The van der Waals surface area contributed by atoms with Crippen molar-refractivity contribution >= 4 is 12.0 Å². The Morgan fingerprint density at radius 2 is 2.09 bits per heavy atom. The van der Waals surface area contributed by atoms with Crippen LogP contribution in [0.25, 0.3) is 11.4 Å². The van der Waals surface area contributed by atoms with Crippen molar-refractivity contribution in [3.05, 3.63) is 29.3 Å². The average Bonchev–Trinajstić information content (AvgIpc) is 3.40. The molecule has 0 bridgehead atoms. The SMILES string of the molecule is Cc1nc(-c2nnn(C)c2CNc2nc(C(C)(C)C)no2)ccc1O[C@H]1CCC[C@H](C(=O)O)C1. The molecule has 2 atom stereocenters. The Morgan fingerprint density at radius 1 is 1.29 bits per heavy atom. The van der Waals surface area contributed by atoms with E-state index in [4.69, 9.17) is 14.2 Å². The molecule has 4 rings (SSSR count). The fourth-order valence-electron chi connectivity index (χ4n) is 3.99. The quantitative estimate of drug-likeness (QED) is 0.528. The Kier molecular flexibility index (Phi) is 6.54. The van der Waals surface area contributed by atoms with Gasteiger partial charge in [-0.2, -0.15) is 4.98 Å². The van der Waals surface area contributed by atoms with E-state index in [9.17, 15) is 9.90 Å². The van der Waals surface area contributed by atoms with Gasteiger partial charge in [0, 0.05) is 12.5 Å². The van der Waals surface area contributed by atoms with Crippen LogP contribution in [0, 0.1) is 12.8 Å². The number of hydrogen-bond acceptors (Lipinski definition) is 9. The van der Waals surface area contributed by atoms with Gasteiger partial charge in [-0.3, -0.25) is 4.79 Å². The average molecular weight is 470 g/mol. The van der Waals surface area contributed by atoms with Crippen LogP contribution in [0.3, 0.4) is 0 Å². The van der Waals surface area contributed by atoms with E-state index in [2.05, 4.69) is 25.8 Å². The van der Waals surface area contributed by atoms with E-state index in [1.807, 2.05) is 46.9 Å². The minimum Gasteiger partial charge on any atom is -0.489 e. The van der Waals surface area contributed by atoms with Gasteiger partial charge >= 0.3 is 12.0 Å². The van der Waals surface area contributed by atoms with Gasteiger partial charge in [-0.15, -0.1) is 5.10 Å². The summed E-state index contributed by atoms with van der Waals surface area (Å²) < 4.78 is 13.1. The van der Waals surface area contributed by atoms with Crippen LogP contribution in [0.15, 0.2) is 16.7 Å². The standard InChI is InChI=1S/C23H31N7O4/c1-13-18(33-15-8-6-7-14(11-15)20(31)32)10-9-16(25-13)19-17(30(5)29-27-19)12-24-22-26-21(28-34-22)23(2,3)4/h9-10,14-15H,6-8,11-12H2,1-5H3,(H,31,32)(H,24,26,28)/t14-,15-/m0/s1. The number of carbonyl (C=O) groups is 1. The van der Waals surface area contributed by atoms with Crippen molar-refractivity contribution in [3.8, 4) is 17.1 Å². The summed E-state index contributed by atoms with van der Waals surface area (Å²) in [4.78, 5) is 20.4. The van der Waals surface area contributed by atoms with Crippen molar-refractivity contribution in [3.63, 3.8) is 0 Å². The number of carboxylic acid groups (broad SMARTS) is 1. The molecule has 34 heavy (non-hydrogen) atoms. The highest BCUT2D eigenvalue weighted by atomic mass is 16.5. The Bertz CT molecular complexity index is 1160. The minimum absolute atomic E-state index is 0.120. The van der Waals surface area contributed by atoms with Gasteiger partial charge < -0.3 is 19.7 Å². The Hall–Kier alpha value is -3.50. The molecule has 0 amide bonds. The topological polar surface area (TPSA) is 141 Å². The maximum atomic E-state index is 11.3. The van der Waals surface area contributed by atoms with E-state index in [0.29, 0.717) is 54.1 Å². The van der Waals surface area contributed by atoms with Gasteiger partial charge in [-0.25, -0.2) is 9.67 Å². The number of ether oxygens (including phenoxy) is 1. The summed E-state index contributed by atoms with van der Waals surface area (Å²) in [6, 6.07) is 4.04. The second-order valence-corrected chi connectivity index (χ2v) is 9.76. The number of pyridine rings is 1. The van der Waals surface area contributed by atoms with Crippen molar-refractivity contribution in [2.24, 2.45) is 13.0 Å². The first kappa shape index (κ1) is 23.7. The lowest BCUT2D eigenvalue weighted by Crippen LogP contribution is -2.29. The molecular weight excluding hydrogens is 438 g/mol. The fraction of sp³-hybridized carbons (Fsp3) is 0.565. The predicted octanol–water partition coefficient (Wildman–Crippen LogP) is 3.50. The minimum atomic E-state index is -0.752. The summed E-state index contributed by atoms with van der Waals surface area (Å²) in [6.45, 7) is 8.31. The maximum absolute atomic E-state index is 11.3. The number of nitrogens with one attached hydrogen (secondary N) is 1. The lowest BCUT2D eigenvalue weighted by Gasteiger charge is -2.27. The summed E-state index contributed by atoms with van der Waals surface area (Å²) in [5, 5.41) is 24.9. The highest BCUT2D eigenvalue weighted by molar-refractivity contribution is 5.70. The molecule has 3 aromatic rings. The number of aromatic nitrogens is 6. The van der Waals surface area contributed by atoms with Crippen molar-refractivity contribution in [1.29, 1.82) is 0 Å². The number of hydrogen-bond donors (Lipinski definition) is 2. The van der Waals surface area contributed by atoms with Gasteiger partial charge in [-0.05, 0) is 44.7 Å². The van der Waals surface area contributed by atoms with Gasteiger partial charge in [0.1, 0.15) is 11.4 Å². The van der Waals surface area contributed by atoms with Gasteiger partial charge in [0.25, 0.3) is 0 Å². The van der Waals surface area contributed by atoms with Crippen LogP contribution in [0.1, 0.15) is 63.7 Å². The highest BCUT2D eigenvalue weighted by Gasteiger charge is 2.28. The first-order valence-electron chi connectivity index (χ1n) is 11.5. The maximum Gasteiger partial charge on any atom is 0.321 e. The van der Waals surface area contributed by atoms with Crippen LogP contribution < -0.4 is 10.1 Å². The lowest BCUT2D eigenvalue weighted by molar-refractivity contribution is -0.143. The van der Waals surface area contributed by atoms with Gasteiger partial charge in [0.15, 0.2) is 5.82 Å². The van der Waals surface area contributed by atoms with Crippen LogP contribution in [-0.2, 0) is 23.8 Å². The molecule has 0 spiro atoms. The molecule has 11 nitrogen and oxygen atoms in total. The predicted molar refractivity (Wildman–Crippen MR) is 123 cm³/mol. The monoisotopic (exact) mass is 469 g/mol. The van der Waals surface area contributed by atoms with E-state index < -0.39 is 5.97 Å². The van der Waals surface area contributed by atoms with Gasteiger partial charge in [-0.1, -0.05) is 31.1 Å². The van der Waals surface area contributed by atoms with Crippen LogP contribution in [0.2, 0.25) is 0 Å². The van der Waals surface area contributed by atoms with Crippen LogP contribution in [-0.4, -0.2) is 47.3 Å². The summed E-state index contributed by atoms with van der Waals surface area (Å²) in [7, 11) is 1.81. The summed E-state index contributed by atoms with van der Waals surface area (Å²) >= 11 is 0. The molecule has 3 aromatic heterocycles. The zero-order chi connectivity index (χ0) is 24.5. The zero-order valence-electron chi connectivity index (χ0n) is 20.2. The smallest absolute Gasteiger partial charge is 0.321 e. The van der Waals surface area contributed by atoms with E-state index in [-0.39, 0.29) is 17.4 Å². The first-order chi connectivity index (χ1) is 16.1. The molecule has 1 aliphatic rings. The van der Waals surface area contributed by atoms with E-state index in [1.54, 1.807) is 4.68 Å². The molecule has 1 saturated carbocycles. The second kappa shape index (κ2) is 9.40. The molecule has 0 saturated heterocycles. The van der Waals surface area contributed by atoms with Gasteiger partial charge in [0.05, 0.1) is 35.6 Å². The van der Waals surface area contributed by atoms with Crippen molar-refractivity contribution in [2.45, 2.75) is 71.4 Å². The lowest BCUT2D eigenvalue weighted by atomic mass is 9.87. The first-order valence-corrected chi connectivity index (χ1v) is 11.5. The van der Waals surface area contributed by atoms with E-state index in [0.717, 1.165) is 18.5 Å². The normalized spacial score (nSPS) is 18.6. The molecule has 0 aliphatic heterocycles. The molecule has 1 fully saturated rings. The third-order valence-electron chi connectivity index (χ3n) is 6.00. The number of aliphatic carboxylic acids is 1. The Balaban J connectivity index is 1.47. The van der Waals surface area contributed by atoms with Crippen molar-refractivity contribution in [1.82, 2.24) is 30.1 Å². The van der Waals surface area contributed by atoms with Crippen molar-refractivity contribution in [2.75, 3.05) is 5.32 Å². The molecule has 182 valence electrons. The number of carboxylic acids is 1. The van der Waals surface area contributed by atoms with E-state index >= 15 is 0 Å². The van der Waals surface area contributed by atoms with Crippen LogP contribution in [0.5, 0.6) is 5.75 Å². The van der Waals surface area contributed by atoms with Crippen LogP contribution >= 0.6 is 0 Å². The summed E-state index contributed by atoms with van der Waals surface area (Å²) in [6.07, 6.45) is 2.79. The molecule has 0 unspecified atom stereocenters. The molecule has 0 aromatic carbocycles. The van der Waals surface area contributed by atoms with E-state index in [1.165, 1.54) is 0 Å². The third-order valence-corrected chi connectivity index (χ3v) is 6.00. The molecule has 11 heteroatoms. The van der Waals surface area contributed by atoms with Crippen LogP contribution in [0.4, 0.5) is 6.01 Å². The molecular formula is C23H31N7O4. The number of anilines is 1. The summed E-state index contributed by atoms with van der Waals surface area (Å²) in [5.41, 5.74) is 2.63. The Morgan fingerprint density at radius 3 is 2.76 bits per heavy atom. The number of aryl methyl sites for hydroxylation is 2. The molecule has 1 aliphatic carbocycles. The fourth-order valence-corrected chi connectivity index (χ4v) is 3.99. The third kappa shape index (κ3) is 5.18. The van der Waals surface area contributed by atoms with Gasteiger partial charge in [0.2, 0.25) is 0 Å². The molecule has 0 radical (unpaired) electrons. The second-order valence-electron chi connectivity index (χ2n) is 9.76. The molecule has 2 N–H and O–H groups in total.